The SMILES string of the molecule is CN(C(=O)OC(C)(C)C)c1cc(Cl)ccc1C(=O)[O-]. The summed E-state index contributed by atoms with van der Waals surface area (Å²) in [7, 11) is 1.41. The summed E-state index contributed by atoms with van der Waals surface area (Å²) in [5, 5.41) is 11.3. The van der Waals surface area contributed by atoms with Gasteiger partial charge in [0.25, 0.3) is 0 Å². The molecule has 0 radical (unpaired) electrons. The molecule has 0 heterocycles. The standard InChI is InChI=1S/C13H16ClNO4/c1-13(2,3)19-12(18)15(4)10-7-8(14)5-6-9(10)11(16)17/h5-7H,1-4H3,(H,16,17)/p-1. The fourth-order valence-corrected chi connectivity index (χ4v) is 1.55. The lowest BCUT2D eigenvalue weighted by Gasteiger charge is -2.26. The molecule has 0 aliphatic heterocycles. The molecule has 0 unspecified atom stereocenters. The molecule has 6 heteroatoms. The molecule has 1 aromatic carbocycles. The van der Waals surface area contributed by atoms with E-state index in [4.69, 9.17) is 16.3 Å². The maximum atomic E-state index is 11.9. The van der Waals surface area contributed by atoms with E-state index < -0.39 is 17.7 Å². The molecule has 0 aliphatic carbocycles. The third kappa shape index (κ3) is 4.13. The lowest BCUT2D eigenvalue weighted by molar-refractivity contribution is -0.254. The molecule has 0 atom stereocenters. The lowest BCUT2D eigenvalue weighted by atomic mass is 10.1. The van der Waals surface area contributed by atoms with Crippen LogP contribution in [0.3, 0.4) is 0 Å². The fourth-order valence-electron chi connectivity index (χ4n) is 1.38. The molecule has 0 aliphatic rings. The van der Waals surface area contributed by atoms with Crippen LogP contribution < -0.4 is 10.0 Å². The number of ether oxygens (including phenoxy) is 1. The molecule has 0 bridgehead atoms. The quantitative estimate of drug-likeness (QED) is 0.834. The van der Waals surface area contributed by atoms with Crippen molar-refractivity contribution in [3.8, 4) is 0 Å². The van der Waals surface area contributed by atoms with Crippen molar-refractivity contribution >= 4 is 29.4 Å². The van der Waals surface area contributed by atoms with Crippen LogP contribution in [0.4, 0.5) is 10.5 Å². The van der Waals surface area contributed by atoms with Gasteiger partial charge in [-0.2, -0.15) is 0 Å². The summed E-state index contributed by atoms with van der Waals surface area (Å²) in [6, 6.07) is 4.07. The highest BCUT2D eigenvalue weighted by molar-refractivity contribution is 6.31. The Morgan fingerprint density at radius 3 is 2.37 bits per heavy atom. The number of carbonyl (C=O) groups excluding carboxylic acids is 2. The van der Waals surface area contributed by atoms with E-state index in [9.17, 15) is 14.7 Å². The van der Waals surface area contributed by atoms with E-state index in [-0.39, 0.29) is 11.3 Å². The van der Waals surface area contributed by atoms with Crippen LogP contribution in [-0.2, 0) is 4.74 Å². The van der Waals surface area contributed by atoms with E-state index >= 15 is 0 Å². The molecule has 19 heavy (non-hydrogen) atoms. The number of anilines is 1. The summed E-state index contributed by atoms with van der Waals surface area (Å²) in [5.74, 6) is -1.39. The van der Waals surface area contributed by atoms with Crippen LogP contribution in [0.15, 0.2) is 18.2 Å². The number of halogens is 1. The van der Waals surface area contributed by atoms with Gasteiger partial charge in [-0.15, -0.1) is 0 Å². The maximum Gasteiger partial charge on any atom is 0.414 e. The van der Waals surface area contributed by atoms with Crippen LogP contribution in [0, 0.1) is 0 Å². The van der Waals surface area contributed by atoms with E-state index in [0.29, 0.717) is 5.02 Å². The highest BCUT2D eigenvalue weighted by Gasteiger charge is 2.22. The Kier molecular flexibility index (Phi) is 4.42. The zero-order valence-electron chi connectivity index (χ0n) is 11.2. The van der Waals surface area contributed by atoms with E-state index in [2.05, 4.69) is 0 Å². The molecule has 104 valence electrons. The zero-order valence-corrected chi connectivity index (χ0v) is 11.9. The third-order valence-corrected chi connectivity index (χ3v) is 2.44. The van der Waals surface area contributed by atoms with Gasteiger partial charge < -0.3 is 14.6 Å². The van der Waals surface area contributed by atoms with Crippen LogP contribution >= 0.6 is 11.6 Å². The Bertz CT molecular complexity index is 508. The summed E-state index contributed by atoms with van der Waals surface area (Å²) in [6.45, 7) is 5.16. The first-order valence-electron chi connectivity index (χ1n) is 5.59. The van der Waals surface area contributed by atoms with Gasteiger partial charge in [-0.25, -0.2) is 4.79 Å². The van der Waals surface area contributed by atoms with E-state index in [1.54, 1.807) is 20.8 Å². The van der Waals surface area contributed by atoms with Crippen LogP contribution in [0.2, 0.25) is 5.02 Å². The maximum absolute atomic E-state index is 11.9. The normalized spacial score (nSPS) is 11.0. The minimum Gasteiger partial charge on any atom is -0.545 e. The summed E-state index contributed by atoms with van der Waals surface area (Å²) >= 11 is 5.81. The number of rotatable bonds is 2. The summed E-state index contributed by atoms with van der Waals surface area (Å²) in [6.07, 6.45) is -0.669. The summed E-state index contributed by atoms with van der Waals surface area (Å²) in [5.41, 5.74) is -0.675. The van der Waals surface area contributed by atoms with Gasteiger partial charge in [0.1, 0.15) is 5.60 Å². The van der Waals surface area contributed by atoms with Crippen molar-refractivity contribution in [3.05, 3.63) is 28.8 Å². The molecule has 0 saturated heterocycles. The van der Waals surface area contributed by atoms with Gasteiger partial charge >= 0.3 is 6.09 Å². The molecular weight excluding hydrogens is 270 g/mol. The second kappa shape index (κ2) is 5.48. The minimum absolute atomic E-state index is 0.127. The van der Waals surface area contributed by atoms with Crippen molar-refractivity contribution in [1.29, 1.82) is 0 Å². The Morgan fingerprint density at radius 1 is 1.32 bits per heavy atom. The second-order valence-corrected chi connectivity index (χ2v) is 5.42. The molecular formula is C13H15ClNO4-. The third-order valence-electron chi connectivity index (χ3n) is 2.21. The Labute approximate surface area is 116 Å². The number of hydrogen-bond donors (Lipinski definition) is 0. The van der Waals surface area contributed by atoms with Gasteiger partial charge in [-0.05, 0) is 39.0 Å². The predicted octanol–water partition coefficient (Wildman–Crippen LogP) is 2.07. The Hall–Kier alpha value is -1.75. The molecule has 0 spiro atoms. The zero-order chi connectivity index (χ0) is 14.8. The van der Waals surface area contributed by atoms with Gasteiger partial charge in [0.05, 0.1) is 11.7 Å². The van der Waals surface area contributed by atoms with Crippen LogP contribution in [0.25, 0.3) is 0 Å². The number of carboxylic acids is 1. The molecule has 0 N–H and O–H groups in total. The number of carboxylic acid groups (broad SMARTS) is 1. The van der Waals surface area contributed by atoms with Crippen molar-refractivity contribution in [2.75, 3.05) is 11.9 Å². The van der Waals surface area contributed by atoms with Crippen molar-refractivity contribution < 1.29 is 19.4 Å². The average Bonchev–Trinajstić information content (AvgIpc) is 2.25. The second-order valence-electron chi connectivity index (χ2n) is 4.99. The van der Waals surface area contributed by atoms with Crippen molar-refractivity contribution in [3.63, 3.8) is 0 Å². The Balaban J connectivity index is 3.11. The smallest absolute Gasteiger partial charge is 0.414 e. The highest BCUT2D eigenvalue weighted by atomic mass is 35.5. The number of nitrogens with zero attached hydrogens (tertiary/aromatic N) is 1. The first-order valence-corrected chi connectivity index (χ1v) is 5.97. The van der Waals surface area contributed by atoms with Crippen molar-refractivity contribution in [2.24, 2.45) is 0 Å². The van der Waals surface area contributed by atoms with Crippen LogP contribution in [0.1, 0.15) is 31.1 Å². The lowest BCUT2D eigenvalue weighted by Crippen LogP contribution is -2.36. The van der Waals surface area contributed by atoms with Gasteiger partial charge in [-0.1, -0.05) is 11.6 Å². The number of carbonyl (C=O) groups is 2. The van der Waals surface area contributed by atoms with E-state index in [1.165, 1.54) is 25.2 Å². The van der Waals surface area contributed by atoms with Gasteiger partial charge in [-0.3, -0.25) is 4.90 Å². The number of aromatic carboxylic acids is 1. The molecule has 1 rings (SSSR count). The van der Waals surface area contributed by atoms with Gasteiger partial charge in [0, 0.05) is 17.6 Å². The van der Waals surface area contributed by atoms with Crippen LogP contribution in [0.5, 0.6) is 0 Å². The predicted molar refractivity (Wildman–Crippen MR) is 70.4 cm³/mol. The Morgan fingerprint density at radius 2 is 1.89 bits per heavy atom. The van der Waals surface area contributed by atoms with Gasteiger partial charge in [0.2, 0.25) is 0 Å². The van der Waals surface area contributed by atoms with Gasteiger partial charge in [0.15, 0.2) is 0 Å². The molecule has 5 nitrogen and oxygen atoms in total. The monoisotopic (exact) mass is 284 g/mol. The molecule has 1 aromatic rings. The average molecular weight is 285 g/mol. The number of benzene rings is 1. The first kappa shape index (κ1) is 15.3. The molecule has 0 aromatic heterocycles. The summed E-state index contributed by atoms with van der Waals surface area (Å²) in [4.78, 5) is 24.0. The molecule has 1 amide bonds. The topological polar surface area (TPSA) is 69.7 Å². The minimum atomic E-state index is -1.39. The molecule has 0 fully saturated rings. The van der Waals surface area contributed by atoms with Crippen molar-refractivity contribution in [2.45, 2.75) is 26.4 Å². The number of hydrogen-bond acceptors (Lipinski definition) is 4. The van der Waals surface area contributed by atoms with E-state index in [1.807, 2.05) is 0 Å². The molecule has 0 saturated carbocycles. The summed E-state index contributed by atoms with van der Waals surface area (Å²) < 4.78 is 5.16. The van der Waals surface area contributed by atoms with Crippen molar-refractivity contribution in [1.82, 2.24) is 0 Å². The van der Waals surface area contributed by atoms with E-state index in [0.717, 1.165) is 4.90 Å². The fraction of sp³-hybridized carbons (Fsp3) is 0.385. The number of amides is 1. The largest absolute Gasteiger partial charge is 0.545 e. The highest BCUT2D eigenvalue weighted by Crippen LogP contribution is 2.25. The van der Waals surface area contributed by atoms with Crippen LogP contribution in [-0.4, -0.2) is 24.7 Å². The first-order chi connectivity index (χ1) is 8.61.